The first kappa shape index (κ1) is 21.0. The van der Waals surface area contributed by atoms with Crippen LogP contribution in [0.1, 0.15) is 26.2 Å². The zero-order valence-corrected chi connectivity index (χ0v) is 16.6. The molecule has 1 aromatic rings. The van der Waals surface area contributed by atoms with Gasteiger partial charge >= 0.3 is 6.18 Å². The summed E-state index contributed by atoms with van der Waals surface area (Å²) in [6, 6.07) is 6.83. The van der Waals surface area contributed by atoms with Crippen LogP contribution < -0.4 is 5.32 Å². The van der Waals surface area contributed by atoms with Crippen LogP contribution in [0.3, 0.4) is 0 Å². The van der Waals surface area contributed by atoms with E-state index >= 15 is 0 Å². The van der Waals surface area contributed by atoms with E-state index in [0.29, 0.717) is 21.8 Å². The minimum atomic E-state index is -4.49. The van der Waals surface area contributed by atoms with Crippen molar-refractivity contribution in [2.45, 2.75) is 43.7 Å². The van der Waals surface area contributed by atoms with Gasteiger partial charge in [-0.2, -0.15) is 13.2 Å². The van der Waals surface area contributed by atoms with Gasteiger partial charge in [-0.3, -0.25) is 14.5 Å². The summed E-state index contributed by atoms with van der Waals surface area (Å²) in [6.45, 7) is 0.504. The van der Waals surface area contributed by atoms with Gasteiger partial charge in [0, 0.05) is 12.5 Å². The van der Waals surface area contributed by atoms with Gasteiger partial charge in [-0.05, 0) is 37.8 Å². The summed E-state index contributed by atoms with van der Waals surface area (Å²) in [4.78, 5) is 30.8. The first-order valence-electron chi connectivity index (χ1n) is 8.82. The van der Waals surface area contributed by atoms with Crippen LogP contribution in [0.25, 0.3) is 0 Å². The van der Waals surface area contributed by atoms with Crippen molar-refractivity contribution in [1.29, 1.82) is 0 Å². The number of nitrogens with one attached hydrogen (secondary N) is 1. The van der Waals surface area contributed by atoms with E-state index < -0.39 is 23.9 Å². The Morgan fingerprint density at radius 3 is 2.68 bits per heavy atom. The molecule has 1 saturated carbocycles. The molecule has 152 valence electrons. The van der Waals surface area contributed by atoms with Crippen molar-refractivity contribution in [1.82, 2.24) is 10.2 Å². The summed E-state index contributed by atoms with van der Waals surface area (Å²) in [6.07, 6.45) is -2.82. The molecule has 0 spiro atoms. The van der Waals surface area contributed by atoms with Gasteiger partial charge in [0.25, 0.3) is 0 Å². The highest BCUT2D eigenvalue weighted by Gasteiger charge is 2.45. The highest BCUT2D eigenvalue weighted by Crippen LogP contribution is 2.41. The van der Waals surface area contributed by atoms with Crippen molar-refractivity contribution in [3.8, 4) is 0 Å². The highest BCUT2D eigenvalue weighted by molar-refractivity contribution is 8.15. The first-order chi connectivity index (χ1) is 13.2. The number of halogens is 4. The van der Waals surface area contributed by atoms with Gasteiger partial charge in [-0.15, -0.1) is 0 Å². The smallest absolute Gasteiger partial charge is 0.347 e. The first-order valence-corrected chi connectivity index (χ1v) is 10.1. The summed E-state index contributed by atoms with van der Waals surface area (Å²) in [7, 11) is 0. The van der Waals surface area contributed by atoms with Gasteiger partial charge in [0.2, 0.25) is 11.8 Å². The number of benzene rings is 1. The molecule has 0 bridgehead atoms. The monoisotopic (exact) mass is 433 g/mol. The van der Waals surface area contributed by atoms with Gasteiger partial charge in [0.1, 0.15) is 11.8 Å². The van der Waals surface area contributed by atoms with E-state index in [1.54, 1.807) is 29.2 Å². The lowest BCUT2D eigenvalue weighted by molar-refractivity contribution is -0.139. The third-order valence-electron chi connectivity index (χ3n) is 4.60. The van der Waals surface area contributed by atoms with Crippen LogP contribution in [-0.2, 0) is 9.59 Å². The number of para-hydroxylation sites is 1. The van der Waals surface area contributed by atoms with Crippen molar-refractivity contribution in [2.24, 2.45) is 10.9 Å². The number of nitrogens with zero attached hydrogens (tertiary/aromatic N) is 2. The molecule has 2 atom stereocenters. The molecule has 1 N–H and O–H groups in total. The molecular formula is C18H19ClF3N3O2S. The number of rotatable bonds is 6. The molecule has 2 aliphatic rings. The van der Waals surface area contributed by atoms with E-state index in [1.165, 1.54) is 0 Å². The number of alkyl halides is 3. The van der Waals surface area contributed by atoms with E-state index in [2.05, 4.69) is 4.99 Å². The highest BCUT2D eigenvalue weighted by atomic mass is 35.5. The summed E-state index contributed by atoms with van der Waals surface area (Å²) >= 11 is 7.25. The van der Waals surface area contributed by atoms with E-state index in [-0.39, 0.29) is 18.4 Å². The number of thioether (sulfide) groups is 1. The molecule has 2 amide bonds. The number of carbonyl (C=O) groups is 2. The van der Waals surface area contributed by atoms with Crippen LogP contribution in [0.5, 0.6) is 0 Å². The Morgan fingerprint density at radius 1 is 1.39 bits per heavy atom. The lowest BCUT2D eigenvalue weighted by atomic mass is 10.1. The fraction of sp³-hybridized carbons (Fsp3) is 0.500. The number of aliphatic imine (C=N–C) groups is 1. The van der Waals surface area contributed by atoms with E-state index in [0.717, 1.165) is 24.6 Å². The molecule has 1 heterocycles. The van der Waals surface area contributed by atoms with Crippen molar-refractivity contribution < 1.29 is 22.8 Å². The van der Waals surface area contributed by atoms with Crippen molar-refractivity contribution >= 4 is 46.0 Å². The topological polar surface area (TPSA) is 61.8 Å². The van der Waals surface area contributed by atoms with Gasteiger partial charge in [-0.25, -0.2) is 4.99 Å². The van der Waals surface area contributed by atoms with Gasteiger partial charge in [-0.1, -0.05) is 35.5 Å². The standard InChI is InChI=1S/C18H19ClF3N3O2S/c1-10(11-6-7-11)25-16(27)14(8-15(26)23-9-18(20,21)22)28-17(25)24-13-5-3-2-4-12(13)19/h2-5,10-11,14H,6-9H2,1H3,(H,23,26). The average molecular weight is 434 g/mol. The van der Waals surface area contributed by atoms with E-state index in [1.807, 2.05) is 12.2 Å². The quantitative estimate of drug-likeness (QED) is 0.733. The van der Waals surface area contributed by atoms with Gasteiger partial charge in [0.15, 0.2) is 5.17 Å². The van der Waals surface area contributed by atoms with Crippen LogP contribution in [0.15, 0.2) is 29.3 Å². The molecule has 1 aliphatic carbocycles. The maximum absolute atomic E-state index is 12.9. The van der Waals surface area contributed by atoms with Crippen LogP contribution >= 0.6 is 23.4 Å². The molecular weight excluding hydrogens is 415 g/mol. The largest absolute Gasteiger partial charge is 0.405 e. The maximum Gasteiger partial charge on any atom is 0.405 e. The molecule has 1 saturated heterocycles. The average Bonchev–Trinajstić information content (AvgIpc) is 3.41. The van der Waals surface area contributed by atoms with Crippen LogP contribution in [0.2, 0.25) is 5.02 Å². The van der Waals surface area contributed by atoms with Crippen molar-refractivity contribution in [2.75, 3.05) is 6.54 Å². The normalized spacial score (nSPS) is 22.6. The fourth-order valence-corrected chi connectivity index (χ4v) is 4.34. The Hall–Kier alpha value is -1.74. The van der Waals surface area contributed by atoms with Crippen LogP contribution in [0, 0.1) is 5.92 Å². The SMILES string of the molecule is CC(C1CC1)N1C(=O)C(CC(=O)NCC(F)(F)F)SC1=Nc1ccccc1Cl. The summed E-state index contributed by atoms with van der Waals surface area (Å²) in [5.74, 6) is -0.766. The number of carbonyl (C=O) groups excluding carboxylic acids is 2. The Labute approximate surface area is 169 Å². The number of amides is 2. The lowest BCUT2D eigenvalue weighted by Gasteiger charge is -2.24. The summed E-state index contributed by atoms with van der Waals surface area (Å²) in [5.41, 5.74) is 0.495. The van der Waals surface area contributed by atoms with Crippen LogP contribution in [0.4, 0.5) is 18.9 Å². The van der Waals surface area contributed by atoms with Crippen molar-refractivity contribution in [3.63, 3.8) is 0 Å². The molecule has 1 aliphatic heterocycles. The Kier molecular flexibility index (Phi) is 6.24. The maximum atomic E-state index is 12.9. The fourth-order valence-electron chi connectivity index (χ4n) is 2.94. The lowest BCUT2D eigenvalue weighted by Crippen LogP contribution is -2.42. The van der Waals surface area contributed by atoms with E-state index in [9.17, 15) is 22.8 Å². The predicted molar refractivity (Wildman–Crippen MR) is 103 cm³/mol. The van der Waals surface area contributed by atoms with E-state index in [4.69, 9.17) is 11.6 Å². The van der Waals surface area contributed by atoms with Gasteiger partial charge < -0.3 is 5.32 Å². The third kappa shape index (κ3) is 5.20. The van der Waals surface area contributed by atoms with Gasteiger partial charge in [0.05, 0.1) is 10.7 Å². The Bertz CT molecular complexity index is 799. The zero-order chi connectivity index (χ0) is 20.5. The zero-order valence-electron chi connectivity index (χ0n) is 15.0. The summed E-state index contributed by atoms with van der Waals surface area (Å²) < 4.78 is 36.9. The molecule has 10 heteroatoms. The van der Waals surface area contributed by atoms with Crippen molar-refractivity contribution in [3.05, 3.63) is 29.3 Å². The minimum absolute atomic E-state index is 0.0931. The number of hydrogen-bond donors (Lipinski definition) is 1. The predicted octanol–water partition coefficient (Wildman–Crippen LogP) is 4.14. The molecule has 5 nitrogen and oxygen atoms in total. The number of amidine groups is 1. The molecule has 28 heavy (non-hydrogen) atoms. The number of hydrogen-bond acceptors (Lipinski definition) is 4. The second-order valence-electron chi connectivity index (χ2n) is 6.83. The second kappa shape index (κ2) is 8.32. The second-order valence-corrected chi connectivity index (χ2v) is 8.41. The molecule has 0 radical (unpaired) electrons. The minimum Gasteiger partial charge on any atom is -0.347 e. The third-order valence-corrected chi connectivity index (χ3v) is 6.07. The summed E-state index contributed by atoms with van der Waals surface area (Å²) in [5, 5.41) is 1.85. The molecule has 2 unspecified atom stereocenters. The molecule has 1 aromatic carbocycles. The Morgan fingerprint density at radius 2 is 2.07 bits per heavy atom. The van der Waals surface area contributed by atoms with Crippen LogP contribution in [-0.4, -0.2) is 45.9 Å². The molecule has 2 fully saturated rings. The Balaban J connectivity index is 1.78. The molecule has 0 aromatic heterocycles. The molecule has 3 rings (SSSR count).